The van der Waals surface area contributed by atoms with Crippen LogP contribution in [0.2, 0.25) is 0 Å². The first-order valence-corrected chi connectivity index (χ1v) is 12.2. The van der Waals surface area contributed by atoms with Gasteiger partial charge in [-0.3, -0.25) is 14.5 Å². The van der Waals surface area contributed by atoms with Crippen LogP contribution in [-0.4, -0.2) is 28.9 Å². The van der Waals surface area contributed by atoms with E-state index in [1.165, 1.54) is 22.3 Å². The number of nitrogens with zero attached hydrogens (tertiary/aromatic N) is 2. The maximum atomic E-state index is 13.4. The van der Waals surface area contributed by atoms with Crippen LogP contribution in [-0.2, 0) is 9.59 Å². The fraction of sp³-hybridized carbons (Fsp3) is 0.138. The van der Waals surface area contributed by atoms with E-state index in [1.807, 2.05) is 62.4 Å². The largest absolute Gasteiger partial charge is 0.503 e. The Morgan fingerprint density at radius 3 is 2.61 bits per heavy atom. The maximum Gasteiger partial charge on any atom is 0.296 e. The van der Waals surface area contributed by atoms with Crippen molar-refractivity contribution in [2.24, 2.45) is 0 Å². The number of aryl methyl sites for hydroxylation is 2. The minimum absolute atomic E-state index is 0.00703. The molecule has 0 aliphatic carbocycles. The van der Waals surface area contributed by atoms with Gasteiger partial charge in [0.15, 0.2) is 16.7 Å². The summed E-state index contributed by atoms with van der Waals surface area (Å²) < 4.78 is 6.33. The van der Waals surface area contributed by atoms with Crippen molar-refractivity contribution < 1.29 is 19.4 Å². The summed E-state index contributed by atoms with van der Waals surface area (Å²) in [6, 6.07) is 19.7. The summed E-state index contributed by atoms with van der Waals surface area (Å²) in [6.45, 7) is 3.98. The van der Waals surface area contributed by atoms with Crippen molar-refractivity contribution in [2.75, 3.05) is 12.0 Å². The topological polar surface area (TPSA) is 79.7 Å². The lowest BCUT2D eigenvalue weighted by atomic mass is 9.95. The number of fused-ring (bicyclic) bond motifs is 1. The standard InChI is InChI=1S/C29H24N2O4S/c1-17-14-18(2)25-23(15-17)36-29(30-25)31-26(20-10-7-11-21(16-20)35-3)24(27(33)28(31)34)22(32)13-12-19-8-5-4-6-9-19/h4-16,26,33H,1-3H3. The quantitative estimate of drug-likeness (QED) is 0.326. The highest BCUT2D eigenvalue weighted by molar-refractivity contribution is 7.22. The van der Waals surface area contributed by atoms with Gasteiger partial charge in [-0.25, -0.2) is 4.98 Å². The zero-order valence-corrected chi connectivity index (χ0v) is 20.9. The Kier molecular flexibility index (Phi) is 6.16. The molecule has 1 unspecified atom stereocenters. The number of hydrogen-bond acceptors (Lipinski definition) is 6. The van der Waals surface area contributed by atoms with E-state index in [-0.39, 0.29) is 5.57 Å². The highest BCUT2D eigenvalue weighted by Gasteiger charge is 2.45. The van der Waals surface area contributed by atoms with Gasteiger partial charge in [0, 0.05) is 0 Å². The molecule has 0 saturated carbocycles. The van der Waals surface area contributed by atoms with Crippen LogP contribution in [0.5, 0.6) is 5.75 Å². The fourth-order valence-corrected chi connectivity index (χ4v) is 5.64. The Labute approximate surface area is 212 Å². The van der Waals surface area contributed by atoms with Crippen LogP contribution in [0.15, 0.2) is 84.1 Å². The predicted molar refractivity (Wildman–Crippen MR) is 142 cm³/mol. The number of benzene rings is 3. The van der Waals surface area contributed by atoms with Crippen molar-refractivity contribution in [3.8, 4) is 5.75 Å². The zero-order chi connectivity index (χ0) is 25.4. The molecule has 0 spiro atoms. The van der Waals surface area contributed by atoms with Gasteiger partial charge in [-0.1, -0.05) is 65.9 Å². The average Bonchev–Trinajstić information content (AvgIpc) is 3.42. The van der Waals surface area contributed by atoms with Crippen LogP contribution >= 0.6 is 11.3 Å². The Morgan fingerprint density at radius 1 is 1.08 bits per heavy atom. The smallest absolute Gasteiger partial charge is 0.296 e. The molecule has 7 heteroatoms. The number of ether oxygens (including phenoxy) is 1. The van der Waals surface area contributed by atoms with E-state index < -0.39 is 23.5 Å². The van der Waals surface area contributed by atoms with E-state index >= 15 is 0 Å². The first-order valence-electron chi connectivity index (χ1n) is 11.4. The molecule has 4 aromatic rings. The molecule has 36 heavy (non-hydrogen) atoms. The summed E-state index contributed by atoms with van der Waals surface area (Å²) in [5, 5.41) is 11.4. The number of aliphatic hydroxyl groups excluding tert-OH is 1. The average molecular weight is 497 g/mol. The molecule has 5 rings (SSSR count). The molecule has 0 saturated heterocycles. The summed E-state index contributed by atoms with van der Waals surface area (Å²) in [6.07, 6.45) is 3.05. The van der Waals surface area contributed by atoms with Gasteiger partial charge in [0.05, 0.1) is 28.9 Å². The molecule has 1 aliphatic rings. The van der Waals surface area contributed by atoms with Crippen LogP contribution in [0.25, 0.3) is 16.3 Å². The molecule has 1 aromatic heterocycles. The number of ketones is 1. The van der Waals surface area contributed by atoms with Crippen LogP contribution in [0.4, 0.5) is 5.13 Å². The van der Waals surface area contributed by atoms with E-state index in [4.69, 9.17) is 9.72 Å². The number of methoxy groups -OCH3 is 1. The maximum absolute atomic E-state index is 13.4. The van der Waals surface area contributed by atoms with Crippen LogP contribution < -0.4 is 9.64 Å². The molecular weight excluding hydrogens is 472 g/mol. The summed E-state index contributed by atoms with van der Waals surface area (Å²) in [5.41, 5.74) is 4.36. The summed E-state index contributed by atoms with van der Waals surface area (Å²) in [7, 11) is 1.55. The van der Waals surface area contributed by atoms with Gasteiger partial charge in [0.25, 0.3) is 5.91 Å². The van der Waals surface area contributed by atoms with Gasteiger partial charge in [0.1, 0.15) is 5.75 Å². The SMILES string of the molecule is COc1cccc(C2C(C(=O)C=Cc3ccccc3)=C(O)C(=O)N2c2nc3c(C)cc(C)cc3s2)c1. The highest BCUT2D eigenvalue weighted by atomic mass is 32.1. The normalized spacial score (nSPS) is 15.9. The predicted octanol–water partition coefficient (Wildman–Crippen LogP) is 6.10. The van der Waals surface area contributed by atoms with Crippen molar-refractivity contribution in [3.63, 3.8) is 0 Å². The summed E-state index contributed by atoms with van der Waals surface area (Å²) >= 11 is 1.36. The number of amides is 1. The monoisotopic (exact) mass is 496 g/mol. The molecule has 0 bridgehead atoms. The van der Waals surface area contributed by atoms with Crippen LogP contribution in [0.1, 0.15) is 28.3 Å². The van der Waals surface area contributed by atoms with Crippen molar-refractivity contribution >= 4 is 44.5 Å². The number of rotatable bonds is 6. The van der Waals surface area contributed by atoms with E-state index in [0.717, 1.165) is 26.9 Å². The second kappa shape index (κ2) is 9.43. The lowest BCUT2D eigenvalue weighted by Crippen LogP contribution is -2.30. The molecule has 180 valence electrons. The lowest BCUT2D eigenvalue weighted by Gasteiger charge is -2.24. The van der Waals surface area contributed by atoms with Gasteiger partial charge in [0.2, 0.25) is 0 Å². The van der Waals surface area contributed by atoms with Gasteiger partial charge >= 0.3 is 0 Å². The Morgan fingerprint density at radius 2 is 1.86 bits per heavy atom. The van der Waals surface area contributed by atoms with Gasteiger partial charge < -0.3 is 9.84 Å². The van der Waals surface area contributed by atoms with Gasteiger partial charge in [-0.2, -0.15) is 0 Å². The van der Waals surface area contributed by atoms with Crippen LogP contribution in [0.3, 0.4) is 0 Å². The number of aromatic nitrogens is 1. The molecule has 1 amide bonds. The second-order valence-electron chi connectivity index (χ2n) is 8.65. The number of hydrogen-bond donors (Lipinski definition) is 1. The van der Waals surface area contributed by atoms with Crippen molar-refractivity contribution in [1.82, 2.24) is 4.98 Å². The third-order valence-electron chi connectivity index (χ3n) is 6.13. The molecule has 0 radical (unpaired) electrons. The molecule has 1 atom stereocenters. The second-order valence-corrected chi connectivity index (χ2v) is 9.66. The Bertz CT molecular complexity index is 1550. The number of carbonyl (C=O) groups is 2. The number of allylic oxidation sites excluding steroid dienone is 1. The fourth-order valence-electron chi connectivity index (χ4n) is 4.47. The molecular formula is C29H24N2O4S. The van der Waals surface area contributed by atoms with E-state index in [2.05, 4.69) is 0 Å². The number of carbonyl (C=O) groups excluding carboxylic acids is 2. The van der Waals surface area contributed by atoms with Crippen LogP contribution in [0, 0.1) is 13.8 Å². The number of aliphatic hydroxyl groups is 1. The molecule has 2 heterocycles. The molecule has 1 N–H and O–H groups in total. The highest BCUT2D eigenvalue weighted by Crippen LogP contribution is 2.44. The third-order valence-corrected chi connectivity index (χ3v) is 7.14. The van der Waals surface area contributed by atoms with Gasteiger partial charge in [-0.15, -0.1) is 0 Å². The number of anilines is 1. The number of thiazole rings is 1. The third kappa shape index (κ3) is 4.18. The van der Waals surface area contributed by atoms with E-state index in [1.54, 1.807) is 31.4 Å². The summed E-state index contributed by atoms with van der Waals surface area (Å²) in [4.78, 5) is 33.0. The molecule has 1 aliphatic heterocycles. The van der Waals surface area contributed by atoms with E-state index in [0.29, 0.717) is 16.4 Å². The first kappa shape index (κ1) is 23.5. The van der Waals surface area contributed by atoms with Gasteiger partial charge in [-0.05, 0) is 60.4 Å². The summed E-state index contributed by atoms with van der Waals surface area (Å²) in [5.74, 6) is -1.10. The molecule has 6 nitrogen and oxygen atoms in total. The molecule has 3 aromatic carbocycles. The lowest BCUT2D eigenvalue weighted by molar-refractivity contribution is -0.117. The van der Waals surface area contributed by atoms with E-state index in [9.17, 15) is 14.7 Å². The first-order chi connectivity index (χ1) is 17.4. The van der Waals surface area contributed by atoms with Crippen molar-refractivity contribution in [2.45, 2.75) is 19.9 Å². The Hall–Kier alpha value is -4.23. The zero-order valence-electron chi connectivity index (χ0n) is 20.1. The minimum atomic E-state index is -0.859. The van der Waals surface area contributed by atoms with Crippen molar-refractivity contribution in [3.05, 3.63) is 106 Å². The minimum Gasteiger partial charge on any atom is -0.503 e. The Balaban J connectivity index is 1.63. The molecule has 0 fully saturated rings. The van der Waals surface area contributed by atoms with Crippen molar-refractivity contribution in [1.29, 1.82) is 0 Å².